The van der Waals surface area contributed by atoms with Gasteiger partial charge in [-0.1, -0.05) is 13.8 Å². The van der Waals surface area contributed by atoms with Crippen LogP contribution in [0.3, 0.4) is 0 Å². The Kier molecular flexibility index (Phi) is 5.29. The molecule has 2 nitrogen and oxygen atoms in total. The largest absolute Gasteiger partial charge is 0.396 e. The highest BCUT2D eigenvalue weighted by Crippen LogP contribution is 2.17. The summed E-state index contributed by atoms with van der Waals surface area (Å²) in [7, 11) is 0. The number of hydrogen-bond acceptors (Lipinski definition) is 3. The van der Waals surface area contributed by atoms with Crippen molar-refractivity contribution < 1.29 is 5.11 Å². The molecule has 3 heteroatoms. The highest BCUT2D eigenvalue weighted by Gasteiger charge is 2.15. The molecule has 0 aliphatic carbocycles. The summed E-state index contributed by atoms with van der Waals surface area (Å²) in [5.74, 6) is 0. The molecule has 0 spiro atoms. The number of aliphatic hydroxyl groups is 1. The van der Waals surface area contributed by atoms with E-state index in [1.165, 1.54) is 5.56 Å². The van der Waals surface area contributed by atoms with Crippen molar-refractivity contribution in [1.82, 2.24) is 5.32 Å². The van der Waals surface area contributed by atoms with Crippen molar-refractivity contribution >= 4 is 11.3 Å². The van der Waals surface area contributed by atoms with Gasteiger partial charge >= 0.3 is 0 Å². The van der Waals surface area contributed by atoms with E-state index < -0.39 is 0 Å². The van der Waals surface area contributed by atoms with Gasteiger partial charge < -0.3 is 10.4 Å². The molecule has 0 radical (unpaired) electrons. The molecule has 1 heterocycles. The first-order valence-corrected chi connectivity index (χ1v) is 6.41. The van der Waals surface area contributed by atoms with Crippen molar-refractivity contribution in [1.29, 1.82) is 0 Å². The molecule has 0 amide bonds. The zero-order valence-electron chi connectivity index (χ0n) is 9.62. The van der Waals surface area contributed by atoms with Crippen LogP contribution in [0, 0.1) is 5.41 Å². The second-order valence-corrected chi connectivity index (χ2v) is 5.48. The monoisotopic (exact) mass is 227 g/mol. The summed E-state index contributed by atoms with van der Waals surface area (Å²) in [6.45, 7) is 6.63. The Balaban J connectivity index is 2.11. The van der Waals surface area contributed by atoms with Crippen molar-refractivity contribution in [3.63, 3.8) is 0 Å². The van der Waals surface area contributed by atoms with Crippen LogP contribution >= 0.6 is 11.3 Å². The van der Waals surface area contributed by atoms with Gasteiger partial charge in [0.2, 0.25) is 0 Å². The van der Waals surface area contributed by atoms with Gasteiger partial charge in [-0.25, -0.2) is 0 Å². The lowest BCUT2D eigenvalue weighted by Gasteiger charge is -2.23. The molecule has 1 aromatic heterocycles. The maximum atomic E-state index is 8.88. The van der Waals surface area contributed by atoms with E-state index in [9.17, 15) is 0 Å². The van der Waals surface area contributed by atoms with E-state index in [2.05, 4.69) is 36.0 Å². The van der Waals surface area contributed by atoms with Gasteiger partial charge in [0.1, 0.15) is 0 Å². The van der Waals surface area contributed by atoms with Gasteiger partial charge in [0, 0.05) is 13.2 Å². The summed E-state index contributed by atoms with van der Waals surface area (Å²) in [4.78, 5) is 0. The summed E-state index contributed by atoms with van der Waals surface area (Å²) in [5.41, 5.74) is 1.61. The Labute approximate surface area is 96.3 Å². The van der Waals surface area contributed by atoms with Gasteiger partial charge in [0.25, 0.3) is 0 Å². The van der Waals surface area contributed by atoms with Crippen molar-refractivity contribution in [3.05, 3.63) is 22.4 Å². The fourth-order valence-electron chi connectivity index (χ4n) is 1.49. The first-order valence-electron chi connectivity index (χ1n) is 5.47. The van der Waals surface area contributed by atoms with Gasteiger partial charge in [-0.2, -0.15) is 11.3 Å². The number of rotatable bonds is 7. The third-order valence-corrected chi connectivity index (χ3v) is 3.29. The Morgan fingerprint density at radius 3 is 2.87 bits per heavy atom. The third-order valence-electron chi connectivity index (χ3n) is 2.56. The lowest BCUT2D eigenvalue weighted by molar-refractivity contribution is 0.207. The molecule has 0 aromatic carbocycles. The fraction of sp³-hybridized carbons (Fsp3) is 0.667. The average molecular weight is 227 g/mol. The summed E-state index contributed by atoms with van der Waals surface area (Å²) >= 11 is 1.75. The van der Waals surface area contributed by atoms with Crippen LogP contribution in [0.4, 0.5) is 0 Å². The van der Waals surface area contributed by atoms with Crippen LogP contribution in [0.2, 0.25) is 0 Å². The van der Waals surface area contributed by atoms with Crippen LogP contribution < -0.4 is 5.32 Å². The molecule has 0 saturated carbocycles. The highest BCUT2D eigenvalue weighted by molar-refractivity contribution is 7.07. The minimum Gasteiger partial charge on any atom is -0.396 e. The zero-order chi connectivity index (χ0) is 11.1. The predicted molar refractivity (Wildman–Crippen MR) is 66.4 cm³/mol. The standard InChI is InChI=1S/C12H21NOS/c1-12(2,5-7-14)10-13-6-3-11-4-8-15-9-11/h4,8-9,13-14H,3,5-7,10H2,1-2H3. The number of hydrogen-bond donors (Lipinski definition) is 2. The summed E-state index contributed by atoms with van der Waals surface area (Å²) in [5, 5.41) is 16.6. The topological polar surface area (TPSA) is 32.3 Å². The first-order chi connectivity index (χ1) is 7.14. The van der Waals surface area contributed by atoms with Gasteiger partial charge in [0.05, 0.1) is 0 Å². The predicted octanol–water partition coefficient (Wildman–Crippen LogP) is 2.29. The van der Waals surface area contributed by atoms with Gasteiger partial charge in [-0.15, -0.1) is 0 Å². The molecule has 0 atom stereocenters. The summed E-state index contributed by atoms with van der Waals surface area (Å²) in [6.07, 6.45) is 1.96. The van der Waals surface area contributed by atoms with E-state index in [0.29, 0.717) is 0 Å². The van der Waals surface area contributed by atoms with Crippen LogP contribution in [0.1, 0.15) is 25.8 Å². The van der Waals surface area contributed by atoms with Gasteiger partial charge in [-0.3, -0.25) is 0 Å². The summed E-state index contributed by atoms with van der Waals surface area (Å²) < 4.78 is 0. The minimum absolute atomic E-state index is 0.198. The molecule has 0 fully saturated rings. The number of thiophene rings is 1. The average Bonchev–Trinajstić information content (AvgIpc) is 2.65. The van der Waals surface area contributed by atoms with Crippen LogP contribution in [0.25, 0.3) is 0 Å². The molecular formula is C12H21NOS. The van der Waals surface area contributed by atoms with Crippen molar-refractivity contribution in [2.75, 3.05) is 19.7 Å². The Hall–Kier alpha value is -0.380. The van der Waals surface area contributed by atoms with Crippen LogP contribution in [0.15, 0.2) is 16.8 Å². The Bertz CT molecular complexity index is 257. The maximum absolute atomic E-state index is 8.88. The van der Waals surface area contributed by atoms with E-state index >= 15 is 0 Å². The van der Waals surface area contributed by atoms with E-state index in [-0.39, 0.29) is 12.0 Å². The van der Waals surface area contributed by atoms with Crippen LogP contribution in [-0.4, -0.2) is 24.8 Å². The molecule has 1 rings (SSSR count). The molecule has 1 aromatic rings. The first kappa shape index (κ1) is 12.7. The Morgan fingerprint density at radius 1 is 1.47 bits per heavy atom. The zero-order valence-corrected chi connectivity index (χ0v) is 10.4. The molecule has 2 N–H and O–H groups in total. The lowest BCUT2D eigenvalue weighted by Crippen LogP contribution is -2.31. The number of aliphatic hydroxyl groups excluding tert-OH is 1. The molecule has 0 aliphatic heterocycles. The maximum Gasteiger partial charge on any atom is 0.0436 e. The second-order valence-electron chi connectivity index (χ2n) is 4.70. The van der Waals surface area contributed by atoms with Crippen molar-refractivity contribution in [2.24, 2.45) is 5.41 Å². The lowest BCUT2D eigenvalue weighted by atomic mass is 9.90. The van der Waals surface area contributed by atoms with Crippen molar-refractivity contribution in [2.45, 2.75) is 26.7 Å². The van der Waals surface area contributed by atoms with E-state index in [4.69, 9.17) is 5.11 Å². The van der Waals surface area contributed by atoms with Gasteiger partial charge in [0.15, 0.2) is 0 Å². The van der Waals surface area contributed by atoms with Crippen LogP contribution in [0.5, 0.6) is 0 Å². The van der Waals surface area contributed by atoms with E-state index in [1.807, 2.05) is 0 Å². The molecule has 15 heavy (non-hydrogen) atoms. The van der Waals surface area contributed by atoms with E-state index in [1.54, 1.807) is 11.3 Å². The quantitative estimate of drug-likeness (QED) is 0.701. The third kappa shape index (κ3) is 5.30. The van der Waals surface area contributed by atoms with E-state index in [0.717, 1.165) is 25.9 Å². The number of nitrogens with one attached hydrogen (secondary N) is 1. The van der Waals surface area contributed by atoms with Gasteiger partial charge in [-0.05, 0) is 47.2 Å². The summed E-state index contributed by atoms with van der Waals surface area (Å²) in [6, 6.07) is 2.17. The van der Waals surface area contributed by atoms with Crippen molar-refractivity contribution in [3.8, 4) is 0 Å². The smallest absolute Gasteiger partial charge is 0.0436 e. The highest BCUT2D eigenvalue weighted by atomic mass is 32.1. The molecule has 0 bridgehead atoms. The molecule has 86 valence electrons. The fourth-order valence-corrected chi connectivity index (χ4v) is 2.19. The normalized spacial score (nSPS) is 11.9. The SMILES string of the molecule is CC(C)(CCO)CNCCc1ccsc1. The molecule has 0 aliphatic rings. The molecule has 0 unspecified atom stereocenters. The van der Waals surface area contributed by atoms with Crippen LogP contribution in [-0.2, 0) is 6.42 Å². The minimum atomic E-state index is 0.198. The molecule has 0 saturated heterocycles. The second kappa shape index (κ2) is 6.26. The Morgan fingerprint density at radius 2 is 2.27 bits per heavy atom. The molecular weight excluding hydrogens is 206 g/mol.